The van der Waals surface area contributed by atoms with Gasteiger partial charge in [-0.15, -0.1) is 0 Å². The lowest BCUT2D eigenvalue weighted by atomic mass is 9.91. The van der Waals surface area contributed by atoms with Crippen molar-refractivity contribution in [2.45, 2.75) is 26.7 Å². The lowest BCUT2D eigenvalue weighted by Crippen LogP contribution is -1.92. The van der Waals surface area contributed by atoms with Crippen LogP contribution >= 0.6 is 0 Å². The third-order valence-electron chi connectivity index (χ3n) is 3.48. The molecule has 0 aliphatic rings. The first-order valence-electron chi connectivity index (χ1n) is 6.93. The smallest absolute Gasteiger partial charge is 0.123 e. The lowest BCUT2D eigenvalue weighted by Gasteiger charge is -2.14. The average molecular weight is 270 g/mol. The summed E-state index contributed by atoms with van der Waals surface area (Å²) in [6, 6.07) is 13.9. The van der Waals surface area contributed by atoms with Gasteiger partial charge in [-0.25, -0.2) is 4.39 Å². The summed E-state index contributed by atoms with van der Waals surface area (Å²) in [6.45, 7) is 4.22. The zero-order valence-corrected chi connectivity index (χ0v) is 11.9. The van der Waals surface area contributed by atoms with Gasteiger partial charge in [-0.05, 0) is 59.4 Å². The van der Waals surface area contributed by atoms with Crippen LogP contribution in [0, 0.1) is 5.82 Å². The molecule has 0 aromatic heterocycles. The highest BCUT2D eigenvalue weighted by Gasteiger charge is 2.09. The molecule has 0 atom stereocenters. The van der Waals surface area contributed by atoms with Crippen LogP contribution in [-0.4, -0.2) is 5.11 Å². The van der Waals surface area contributed by atoms with Crippen LogP contribution in [-0.2, 0) is 0 Å². The summed E-state index contributed by atoms with van der Waals surface area (Å²) in [4.78, 5) is 0. The fourth-order valence-electron chi connectivity index (χ4n) is 2.50. The predicted octanol–water partition coefficient (Wildman–Crippen LogP) is 5.26. The molecule has 0 saturated carbocycles. The van der Waals surface area contributed by atoms with Crippen LogP contribution in [0.3, 0.4) is 0 Å². The van der Waals surface area contributed by atoms with E-state index in [-0.39, 0.29) is 11.6 Å². The highest BCUT2D eigenvalue weighted by Crippen LogP contribution is 2.32. The van der Waals surface area contributed by atoms with Crippen molar-refractivity contribution in [3.63, 3.8) is 0 Å². The van der Waals surface area contributed by atoms with Crippen LogP contribution in [0.1, 0.15) is 37.8 Å². The molecular weight excluding hydrogens is 251 g/mol. The minimum atomic E-state index is -0.216. The maximum absolute atomic E-state index is 13.1. The summed E-state index contributed by atoms with van der Waals surface area (Å²) in [6.07, 6.45) is 1.78. The highest BCUT2D eigenvalue weighted by atomic mass is 19.1. The summed E-state index contributed by atoms with van der Waals surface area (Å²) in [5.74, 6) is 0.0518. The van der Waals surface area contributed by atoms with Gasteiger partial charge in [0.2, 0.25) is 0 Å². The number of hydrogen-bond acceptors (Lipinski definition) is 1. The zero-order valence-electron chi connectivity index (χ0n) is 11.9. The van der Waals surface area contributed by atoms with E-state index in [4.69, 9.17) is 0 Å². The highest BCUT2D eigenvalue weighted by molar-refractivity contribution is 5.90. The zero-order chi connectivity index (χ0) is 14.5. The molecule has 0 saturated heterocycles. The Morgan fingerprint density at radius 2 is 1.20 bits per heavy atom. The Hall–Kier alpha value is -2.09. The molecule has 104 valence electrons. The largest absolute Gasteiger partial charge is 0.508 e. The SMILES string of the molecule is CCC(=C(CC)c1ccc(F)cc1)c1ccc(O)cc1. The number of allylic oxidation sites excluding steroid dienone is 2. The molecule has 1 N–H and O–H groups in total. The standard InChI is InChI=1S/C18H19FO/c1-3-17(13-5-9-15(19)10-6-13)18(4-2)14-7-11-16(20)12-8-14/h5-12,20H,3-4H2,1-2H3. The fourth-order valence-corrected chi connectivity index (χ4v) is 2.50. The molecule has 0 unspecified atom stereocenters. The molecule has 0 amide bonds. The first-order chi connectivity index (χ1) is 9.65. The van der Waals surface area contributed by atoms with Crippen LogP contribution < -0.4 is 0 Å². The van der Waals surface area contributed by atoms with E-state index in [9.17, 15) is 9.50 Å². The summed E-state index contributed by atoms with van der Waals surface area (Å²) in [7, 11) is 0. The Balaban J connectivity index is 2.52. The number of rotatable bonds is 4. The molecule has 0 spiro atoms. The van der Waals surface area contributed by atoms with Crippen LogP contribution in [0.15, 0.2) is 48.5 Å². The molecule has 0 radical (unpaired) electrons. The number of phenols is 1. The Morgan fingerprint density at radius 3 is 1.60 bits per heavy atom. The van der Waals surface area contributed by atoms with Gasteiger partial charge in [0.1, 0.15) is 11.6 Å². The van der Waals surface area contributed by atoms with Crippen LogP contribution in [0.5, 0.6) is 5.75 Å². The third-order valence-corrected chi connectivity index (χ3v) is 3.48. The van der Waals surface area contributed by atoms with E-state index >= 15 is 0 Å². The summed E-state index contributed by atoms with van der Waals surface area (Å²) in [5.41, 5.74) is 4.61. The van der Waals surface area contributed by atoms with Crippen LogP contribution in [0.4, 0.5) is 4.39 Å². The van der Waals surface area contributed by atoms with Gasteiger partial charge >= 0.3 is 0 Å². The van der Waals surface area contributed by atoms with Crippen molar-refractivity contribution in [2.75, 3.05) is 0 Å². The van der Waals surface area contributed by atoms with Gasteiger partial charge in [-0.1, -0.05) is 38.1 Å². The molecule has 0 bridgehead atoms. The topological polar surface area (TPSA) is 20.2 Å². The number of hydrogen-bond donors (Lipinski definition) is 1. The number of benzene rings is 2. The maximum atomic E-state index is 13.1. The average Bonchev–Trinajstić information content (AvgIpc) is 2.47. The second kappa shape index (κ2) is 6.38. The van der Waals surface area contributed by atoms with E-state index in [2.05, 4.69) is 13.8 Å². The minimum Gasteiger partial charge on any atom is -0.508 e. The van der Waals surface area contributed by atoms with E-state index in [1.54, 1.807) is 12.1 Å². The fraction of sp³-hybridized carbons (Fsp3) is 0.222. The molecule has 0 fully saturated rings. The van der Waals surface area contributed by atoms with Crippen molar-refractivity contribution in [3.05, 3.63) is 65.5 Å². The summed E-state index contributed by atoms with van der Waals surface area (Å²) >= 11 is 0. The molecule has 2 heteroatoms. The molecule has 1 nitrogen and oxygen atoms in total. The van der Waals surface area contributed by atoms with Crippen LogP contribution in [0.2, 0.25) is 0 Å². The lowest BCUT2D eigenvalue weighted by molar-refractivity contribution is 0.475. The first kappa shape index (κ1) is 14.3. The van der Waals surface area contributed by atoms with E-state index in [0.717, 1.165) is 24.0 Å². The Bertz CT molecular complexity index is 539. The Labute approximate surface area is 119 Å². The molecule has 2 rings (SSSR count). The maximum Gasteiger partial charge on any atom is 0.123 e. The molecule has 0 aliphatic carbocycles. The predicted molar refractivity (Wildman–Crippen MR) is 81.9 cm³/mol. The van der Waals surface area contributed by atoms with E-state index in [0.29, 0.717) is 0 Å². The monoisotopic (exact) mass is 270 g/mol. The van der Waals surface area contributed by atoms with Gasteiger partial charge in [0.25, 0.3) is 0 Å². The number of aromatic hydroxyl groups is 1. The second-order valence-electron chi connectivity index (χ2n) is 4.72. The van der Waals surface area contributed by atoms with Crippen LogP contribution in [0.25, 0.3) is 11.1 Å². The molecule has 2 aromatic rings. The quantitative estimate of drug-likeness (QED) is 0.751. The first-order valence-corrected chi connectivity index (χ1v) is 6.93. The van der Waals surface area contributed by atoms with Gasteiger partial charge in [-0.2, -0.15) is 0 Å². The van der Waals surface area contributed by atoms with Crippen molar-refractivity contribution in [1.29, 1.82) is 0 Å². The second-order valence-corrected chi connectivity index (χ2v) is 4.72. The third kappa shape index (κ3) is 3.08. The van der Waals surface area contributed by atoms with E-state index in [1.165, 1.54) is 23.3 Å². The van der Waals surface area contributed by atoms with Crippen molar-refractivity contribution in [2.24, 2.45) is 0 Å². The Morgan fingerprint density at radius 1 is 0.800 bits per heavy atom. The van der Waals surface area contributed by atoms with Crippen molar-refractivity contribution in [1.82, 2.24) is 0 Å². The summed E-state index contributed by atoms with van der Waals surface area (Å²) < 4.78 is 13.1. The van der Waals surface area contributed by atoms with Crippen molar-refractivity contribution < 1.29 is 9.50 Å². The van der Waals surface area contributed by atoms with E-state index in [1.807, 2.05) is 24.3 Å². The van der Waals surface area contributed by atoms with Gasteiger partial charge in [0, 0.05) is 0 Å². The number of halogens is 1. The van der Waals surface area contributed by atoms with Crippen molar-refractivity contribution in [3.8, 4) is 5.75 Å². The van der Waals surface area contributed by atoms with Gasteiger partial charge in [0.15, 0.2) is 0 Å². The molecule has 2 aromatic carbocycles. The van der Waals surface area contributed by atoms with Crippen molar-refractivity contribution >= 4 is 11.1 Å². The normalized spacial score (nSPS) is 12.2. The van der Waals surface area contributed by atoms with E-state index < -0.39 is 0 Å². The molecule has 0 heterocycles. The Kier molecular flexibility index (Phi) is 4.57. The minimum absolute atomic E-state index is 0.216. The van der Waals surface area contributed by atoms with Gasteiger partial charge < -0.3 is 5.11 Å². The summed E-state index contributed by atoms with van der Waals surface area (Å²) in [5, 5.41) is 9.40. The number of phenolic OH excluding ortho intramolecular Hbond substituents is 1. The molecule has 0 aliphatic heterocycles. The molecular formula is C18H19FO. The molecule has 20 heavy (non-hydrogen) atoms. The van der Waals surface area contributed by atoms with Gasteiger partial charge in [0.05, 0.1) is 0 Å². The van der Waals surface area contributed by atoms with Gasteiger partial charge in [-0.3, -0.25) is 0 Å².